The molecule has 0 aromatic carbocycles. The van der Waals surface area contributed by atoms with Crippen molar-refractivity contribution in [2.24, 2.45) is 0 Å². The lowest BCUT2D eigenvalue weighted by Gasteiger charge is -2.40. The molecular weight excluding hydrogens is 379 g/mol. The highest BCUT2D eigenvalue weighted by atomic mass is 35.5. The summed E-state index contributed by atoms with van der Waals surface area (Å²) in [5.41, 5.74) is 0. The molecule has 8 heteroatoms. The first-order valence-corrected chi connectivity index (χ1v) is 15.0. The molecule has 0 amide bonds. The van der Waals surface area contributed by atoms with Crippen molar-refractivity contribution < 1.29 is 22.3 Å². The van der Waals surface area contributed by atoms with Crippen molar-refractivity contribution in [1.29, 1.82) is 0 Å². The van der Waals surface area contributed by atoms with Crippen LogP contribution < -0.4 is 0 Å². The Morgan fingerprint density at radius 2 is 1.44 bits per heavy atom. The summed E-state index contributed by atoms with van der Waals surface area (Å²) < 4.78 is 37.7. The van der Waals surface area contributed by atoms with Crippen LogP contribution in [0.2, 0.25) is 36.3 Å². The van der Waals surface area contributed by atoms with Crippen molar-refractivity contribution in [2.75, 3.05) is 6.61 Å². The lowest BCUT2D eigenvalue weighted by molar-refractivity contribution is -0.0999. The zero-order valence-electron chi connectivity index (χ0n) is 17.4. The number of hydrogen-bond donors (Lipinski definition) is 0. The predicted octanol–water partition coefficient (Wildman–Crippen LogP) is 5.63. The Hall–Kier alpha value is 0.494. The Morgan fingerprint density at radius 1 is 0.960 bits per heavy atom. The molecule has 150 valence electrons. The second-order valence-corrected chi connectivity index (χ2v) is 19.7. The van der Waals surface area contributed by atoms with Gasteiger partial charge < -0.3 is 13.6 Å². The molecule has 0 aromatic rings. The largest absolute Gasteiger partial charge is 0.414 e. The monoisotopic (exact) mass is 414 g/mol. The van der Waals surface area contributed by atoms with Gasteiger partial charge >= 0.3 is 0 Å². The van der Waals surface area contributed by atoms with Crippen molar-refractivity contribution in [2.45, 2.75) is 102 Å². The molecule has 4 nitrogen and oxygen atoms in total. The number of ether oxygens (including phenoxy) is 1. The second kappa shape index (κ2) is 7.85. The normalized spacial score (nSPS) is 29.3. The SMILES string of the molecule is CC(C)(C)[Si](C)(C)OC[C@H]1O[C@H](OCl)[C@H](F)[C@@H]1O[Si](C)(C)C(C)(C)C. The van der Waals surface area contributed by atoms with E-state index in [2.05, 4.69) is 72.0 Å². The number of alkyl halides is 1. The highest BCUT2D eigenvalue weighted by Gasteiger charge is 2.52. The Kier molecular flexibility index (Phi) is 7.39. The van der Waals surface area contributed by atoms with Gasteiger partial charge in [0.2, 0.25) is 6.29 Å². The number of hydrogen-bond acceptors (Lipinski definition) is 4. The summed E-state index contributed by atoms with van der Waals surface area (Å²) in [6.07, 6.45) is -3.81. The molecule has 0 bridgehead atoms. The second-order valence-electron chi connectivity index (χ2n) is 9.99. The maximum atomic E-state index is 14.8. The van der Waals surface area contributed by atoms with Gasteiger partial charge in [-0.3, -0.25) is 0 Å². The fourth-order valence-corrected chi connectivity index (χ4v) is 4.52. The molecule has 0 unspecified atom stereocenters. The standard InChI is InChI=1S/C17H36ClFO4Si2/c1-16(2,3)24(7,8)20-11-12-14(13(19)15(21-12)22-18)23-25(9,10)17(4,5)6/h12-15H,11H2,1-10H3/t12-,13-,14-,15-/m1/s1. The van der Waals surface area contributed by atoms with E-state index in [0.29, 0.717) is 0 Å². The Labute approximate surface area is 160 Å². The van der Waals surface area contributed by atoms with Crippen LogP contribution in [0.1, 0.15) is 41.5 Å². The molecule has 1 heterocycles. The van der Waals surface area contributed by atoms with Gasteiger partial charge in [0.15, 0.2) is 22.8 Å². The zero-order chi connectivity index (χ0) is 19.8. The third-order valence-corrected chi connectivity index (χ3v) is 15.1. The highest BCUT2D eigenvalue weighted by Crippen LogP contribution is 2.41. The summed E-state index contributed by atoms with van der Waals surface area (Å²) in [6, 6.07) is 0. The molecule has 0 N–H and O–H groups in total. The summed E-state index contributed by atoms with van der Waals surface area (Å²) in [7, 11) is -4.14. The van der Waals surface area contributed by atoms with Gasteiger partial charge in [-0.15, -0.1) is 0 Å². The molecule has 1 aliphatic rings. The minimum absolute atomic E-state index is 0.0303. The predicted molar refractivity (Wildman–Crippen MR) is 106 cm³/mol. The van der Waals surface area contributed by atoms with Crippen molar-refractivity contribution in [3.63, 3.8) is 0 Å². The molecule has 1 fully saturated rings. The first-order chi connectivity index (χ1) is 11.0. The minimum Gasteiger partial charge on any atom is -0.414 e. The van der Waals surface area contributed by atoms with Gasteiger partial charge in [0.1, 0.15) is 12.2 Å². The molecular formula is C17H36ClFO4Si2. The van der Waals surface area contributed by atoms with E-state index >= 15 is 0 Å². The minimum atomic E-state index is -2.17. The number of rotatable bonds is 6. The van der Waals surface area contributed by atoms with E-state index in [1.165, 1.54) is 0 Å². The van der Waals surface area contributed by atoms with Gasteiger partial charge in [0, 0.05) is 0 Å². The van der Waals surface area contributed by atoms with E-state index < -0.39 is 41.3 Å². The van der Waals surface area contributed by atoms with Gasteiger partial charge in [-0.2, -0.15) is 0 Å². The van der Waals surface area contributed by atoms with Crippen molar-refractivity contribution in [1.82, 2.24) is 0 Å². The van der Waals surface area contributed by atoms with Crippen LogP contribution in [0, 0.1) is 0 Å². The van der Waals surface area contributed by atoms with E-state index in [9.17, 15) is 4.39 Å². The molecule has 0 radical (unpaired) electrons. The van der Waals surface area contributed by atoms with E-state index in [-0.39, 0.29) is 16.7 Å². The Morgan fingerprint density at radius 3 is 1.84 bits per heavy atom. The zero-order valence-corrected chi connectivity index (χ0v) is 20.2. The Bertz CT molecular complexity index is 449. The van der Waals surface area contributed by atoms with Crippen LogP contribution in [-0.2, 0) is 17.9 Å². The summed E-state index contributed by atoms with van der Waals surface area (Å²) in [6.45, 7) is 21.7. The molecule has 1 aliphatic heterocycles. The van der Waals surface area contributed by atoms with Crippen LogP contribution >= 0.6 is 11.9 Å². The highest BCUT2D eigenvalue weighted by molar-refractivity contribution is 6.74. The molecule has 1 rings (SSSR count). The van der Waals surface area contributed by atoms with Crippen LogP contribution in [0.4, 0.5) is 4.39 Å². The summed E-state index contributed by atoms with van der Waals surface area (Å²) in [4.78, 5) is 0. The Balaban J connectivity index is 2.92. The van der Waals surface area contributed by atoms with E-state index in [4.69, 9.17) is 25.5 Å². The molecule has 0 saturated carbocycles. The topological polar surface area (TPSA) is 36.9 Å². The van der Waals surface area contributed by atoms with Crippen LogP contribution in [0.3, 0.4) is 0 Å². The van der Waals surface area contributed by atoms with Gasteiger partial charge in [-0.05, 0) is 36.3 Å². The molecule has 25 heavy (non-hydrogen) atoms. The average molecular weight is 415 g/mol. The van der Waals surface area contributed by atoms with Crippen LogP contribution in [-0.4, -0.2) is 47.9 Å². The maximum Gasteiger partial charge on any atom is 0.211 e. The fraction of sp³-hybridized carbons (Fsp3) is 1.00. The summed E-state index contributed by atoms with van der Waals surface area (Å²) >= 11 is 5.42. The van der Waals surface area contributed by atoms with Crippen LogP contribution in [0.25, 0.3) is 0 Å². The fourth-order valence-electron chi connectivity index (χ4n) is 2.05. The summed E-state index contributed by atoms with van der Waals surface area (Å²) in [5, 5.41) is 0.0381. The molecule has 1 saturated heterocycles. The van der Waals surface area contributed by atoms with Gasteiger partial charge in [-0.1, -0.05) is 41.5 Å². The first-order valence-electron chi connectivity index (χ1n) is 8.92. The van der Waals surface area contributed by atoms with E-state index in [0.717, 1.165) is 0 Å². The third-order valence-electron chi connectivity index (χ3n) is 5.99. The van der Waals surface area contributed by atoms with Crippen LogP contribution in [0.5, 0.6) is 0 Å². The van der Waals surface area contributed by atoms with Gasteiger partial charge in [-0.25, -0.2) is 8.68 Å². The van der Waals surface area contributed by atoms with Gasteiger partial charge in [0.05, 0.1) is 18.5 Å². The maximum absolute atomic E-state index is 14.8. The van der Waals surface area contributed by atoms with Crippen molar-refractivity contribution in [3.8, 4) is 0 Å². The lowest BCUT2D eigenvalue weighted by Crippen LogP contribution is -2.50. The summed E-state index contributed by atoms with van der Waals surface area (Å²) in [5.74, 6) is 0. The smallest absolute Gasteiger partial charge is 0.211 e. The molecule has 0 aromatic heterocycles. The third kappa shape index (κ3) is 5.49. The molecule has 0 aliphatic carbocycles. The van der Waals surface area contributed by atoms with Crippen molar-refractivity contribution in [3.05, 3.63) is 0 Å². The van der Waals surface area contributed by atoms with E-state index in [1.54, 1.807) is 0 Å². The van der Waals surface area contributed by atoms with Crippen molar-refractivity contribution >= 4 is 28.5 Å². The lowest BCUT2D eigenvalue weighted by atomic mass is 10.2. The number of halogens is 2. The van der Waals surface area contributed by atoms with Crippen LogP contribution in [0.15, 0.2) is 0 Å². The average Bonchev–Trinajstić information content (AvgIpc) is 2.70. The van der Waals surface area contributed by atoms with E-state index in [1.807, 2.05) is 0 Å². The molecule has 4 atom stereocenters. The van der Waals surface area contributed by atoms with Gasteiger partial charge in [0.25, 0.3) is 0 Å². The first kappa shape index (κ1) is 23.5. The quantitative estimate of drug-likeness (QED) is 0.527. The molecule has 0 spiro atoms.